The normalized spacial score (nSPS) is 13.2. The van der Waals surface area contributed by atoms with Crippen molar-refractivity contribution < 1.29 is 19.0 Å². The van der Waals surface area contributed by atoms with Gasteiger partial charge in [-0.1, -0.05) is 0 Å². The number of nitrogens with zero attached hydrogens (tertiary/aromatic N) is 6. The first-order valence-electron chi connectivity index (χ1n) is 10.4. The summed E-state index contributed by atoms with van der Waals surface area (Å²) in [4.78, 5) is 30.8. The van der Waals surface area contributed by atoms with Gasteiger partial charge in [0.15, 0.2) is 17.2 Å². The van der Waals surface area contributed by atoms with Gasteiger partial charge < -0.3 is 30.2 Å². The number of anilines is 2. The van der Waals surface area contributed by atoms with Gasteiger partial charge in [0.05, 0.1) is 26.1 Å². The number of carbonyl (C=O) groups is 1. The second-order valence-electron chi connectivity index (χ2n) is 7.59. The second kappa shape index (κ2) is 9.69. The van der Waals surface area contributed by atoms with Gasteiger partial charge >= 0.3 is 6.09 Å². The van der Waals surface area contributed by atoms with Gasteiger partial charge in [0.1, 0.15) is 11.3 Å². The topological polar surface area (TPSA) is 142 Å². The second-order valence-corrected chi connectivity index (χ2v) is 7.59. The third kappa shape index (κ3) is 4.95. The van der Waals surface area contributed by atoms with Gasteiger partial charge in [-0.25, -0.2) is 19.7 Å². The molecule has 4 rings (SSSR count). The minimum absolute atomic E-state index is 0.0780. The summed E-state index contributed by atoms with van der Waals surface area (Å²) in [6, 6.07) is 3.79. The van der Waals surface area contributed by atoms with Crippen LogP contribution in [0.5, 0.6) is 17.2 Å². The molecule has 0 radical (unpaired) electrons. The lowest BCUT2D eigenvalue weighted by Crippen LogP contribution is -2.25. The first-order valence-corrected chi connectivity index (χ1v) is 10.4. The predicted octanol–water partition coefficient (Wildman–Crippen LogP) is 1.27. The van der Waals surface area contributed by atoms with Crippen LogP contribution in [0.4, 0.5) is 16.6 Å². The Morgan fingerprint density at radius 1 is 1.30 bits per heavy atom. The molecule has 0 aliphatic carbocycles. The number of carbonyl (C=O) groups excluding carboxylic acids is 1. The summed E-state index contributed by atoms with van der Waals surface area (Å²) in [7, 11) is 5.59. The molecule has 12 heteroatoms. The van der Waals surface area contributed by atoms with Crippen LogP contribution < -0.4 is 30.9 Å². The van der Waals surface area contributed by atoms with Crippen molar-refractivity contribution in [2.75, 3.05) is 52.0 Å². The lowest BCUT2D eigenvalue weighted by Gasteiger charge is -2.15. The SMILES string of the molecule is COc1c(OCCCN(C)C)ccc2c3n(c(=NC(=O)Oc4cnc(N)nc4)nc12)CCN3. The summed E-state index contributed by atoms with van der Waals surface area (Å²) in [5, 5.41) is 4.16. The van der Waals surface area contributed by atoms with Gasteiger partial charge in [0, 0.05) is 25.0 Å². The molecule has 1 aromatic carbocycles. The quantitative estimate of drug-likeness (QED) is 0.501. The maximum absolute atomic E-state index is 12.4. The van der Waals surface area contributed by atoms with Crippen LogP contribution in [-0.4, -0.2) is 71.4 Å². The predicted molar refractivity (Wildman–Crippen MR) is 121 cm³/mol. The molecule has 0 atom stereocenters. The van der Waals surface area contributed by atoms with Crippen molar-refractivity contribution in [3.8, 4) is 17.2 Å². The first kappa shape index (κ1) is 22.3. The molecule has 3 N–H and O–H groups in total. The monoisotopic (exact) mass is 454 g/mol. The number of nitrogen functional groups attached to an aromatic ring is 1. The molecule has 174 valence electrons. The van der Waals surface area contributed by atoms with Gasteiger partial charge in [0.2, 0.25) is 11.6 Å². The van der Waals surface area contributed by atoms with Crippen LogP contribution in [0, 0.1) is 0 Å². The zero-order valence-electron chi connectivity index (χ0n) is 18.7. The number of hydrogen-bond acceptors (Lipinski definition) is 10. The summed E-state index contributed by atoms with van der Waals surface area (Å²) < 4.78 is 18.6. The summed E-state index contributed by atoms with van der Waals surface area (Å²) in [6.07, 6.45) is 2.61. The largest absolute Gasteiger partial charge is 0.491 e. The number of aromatic nitrogens is 4. The van der Waals surface area contributed by atoms with Gasteiger partial charge in [0.25, 0.3) is 0 Å². The van der Waals surface area contributed by atoms with Crippen LogP contribution in [0.25, 0.3) is 10.9 Å². The summed E-state index contributed by atoms with van der Waals surface area (Å²) in [5.41, 5.74) is 6.18. The molecule has 2 aromatic heterocycles. The molecule has 0 unspecified atom stereocenters. The molecule has 33 heavy (non-hydrogen) atoms. The molecule has 0 fully saturated rings. The van der Waals surface area contributed by atoms with E-state index in [-0.39, 0.29) is 17.3 Å². The van der Waals surface area contributed by atoms with E-state index in [0.717, 1.165) is 24.2 Å². The number of benzene rings is 1. The van der Waals surface area contributed by atoms with Crippen LogP contribution in [0.2, 0.25) is 0 Å². The number of nitrogens with two attached hydrogens (primary N) is 1. The third-order valence-electron chi connectivity index (χ3n) is 4.96. The number of nitrogens with one attached hydrogen (secondary N) is 1. The Bertz CT molecular complexity index is 1220. The maximum atomic E-state index is 12.4. The molecule has 1 aliphatic rings. The first-order chi connectivity index (χ1) is 16.0. The number of methoxy groups -OCH3 is 1. The van der Waals surface area contributed by atoms with E-state index in [4.69, 9.17) is 19.9 Å². The van der Waals surface area contributed by atoms with Crippen LogP contribution in [0.15, 0.2) is 29.5 Å². The lowest BCUT2D eigenvalue weighted by molar-refractivity contribution is 0.209. The zero-order valence-corrected chi connectivity index (χ0v) is 18.7. The highest BCUT2D eigenvalue weighted by Gasteiger charge is 2.21. The molecule has 1 amide bonds. The average molecular weight is 454 g/mol. The number of amides is 1. The molecule has 3 aromatic rings. The molecule has 0 spiro atoms. The summed E-state index contributed by atoms with van der Waals surface area (Å²) in [6.45, 7) is 2.72. The zero-order chi connectivity index (χ0) is 23.4. The number of ether oxygens (including phenoxy) is 3. The molecule has 3 heterocycles. The summed E-state index contributed by atoms with van der Waals surface area (Å²) in [5.74, 6) is 2.05. The Morgan fingerprint density at radius 2 is 2.09 bits per heavy atom. The Labute approximate surface area is 190 Å². The van der Waals surface area contributed by atoms with E-state index in [0.29, 0.717) is 36.7 Å². The minimum atomic E-state index is -0.855. The highest BCUT2D eigenvalue weighted by molar-refractivity contribution is 5.95. The van der Waals surface area contributed by atoms with E-state index in [9.17, 15) is 4.79 Å². The van der Waals surface area contributed by atoms with Crippen molar-refractivity contribution in [1.82, 2.24) is 24.4 Å². The smallest absolute Gasteiger partial charge is 0.442 e. The summed E-state index contributed by atoms with van der Waals surface area (Å²) >= 11 is 0. The van der Waals surface area contributed by atoms with Crippen LogP contribution in [-0.2, 0) is 6.54 Å². The van der Waals surface area contributed by atoms with Gasteiger partial charge in [-0.2, -0.15) is 0 Å². The number of fused-ring (bicyclic) bond motifs is 3. The van der Waals surface area contributed by atoms with E-state index in [1.165, 1.54) is 12.4 Å². The molecule has 0 saturated heterocycles. The Kier molecular flexibility index (Phi) is 6.54. The van der Waals surface area contributed by atoms with E-state index < -0.39 is 6.09 Å². The van der Waals surface area contributed by atoms with E-state index >= 15 is 0 Å². The van der Waals surface area contributed by atoms with E-state index in [1.807, 2.05) is 30.8 Å². The Balaban J connectivity index is 1.70. The fourth-order valence-corrected chi connectivity index (χ4v) is 3.49. The van der Waals surface area contributed by atoms with E-state index in [1.54, 1.807) is 7.11 Å². The standard InChI is InChI=1S/C21H26N8O4/c1-28(2)8-4-10-32-15-6-5-14-16(17(15)31-3)26-20(29-9-7-23-18(14)29)27-21(30)33-13-11-24-19(22)25-12-13/h5-6,11-12,23H,4,7-10H2,1-3H3,(H2,22,24,25). The number of rotatable bonds is 7. The van der Waals surface area contributed by atoms with Crippen LogP contribution >= 0.6 is 0 Å². The number of hydrogen-bond donors (Lipinski definition) is 2. The Morgan fingerprint density at radius 3 is 2.82 bits per heavy atom. The van der Waals surface area contributed by atoms with Crippen molar-refractivity contribution in [2.45, 2.75) is 13.0 Å². The fraction of sp³-hybridized carbons (Fsp3) is 0.381. The third-order valence-corrected chi connectivity index (χ3v) is 4.96. The van der Waals surface area contributed by atoms with Crippen LogP contribution in [0.3, 0.4) is 0 Å². The van der Waals surface area contributed by atoms with Crippen molar-refractivity contribution in [3.63, 3.8) is 0 Å². The van der Waals surface area contributed by atoms with Gasteiger partial charge in [-0.05, 0) is 32.6 Å². The molecule has 12 nitrogen and oxygen atoms in total. The van der Waals surface area contributed by atoms with Gasteiger partial charge in [-0.15, -0.1) is 4.99 Å². The molecular formula is C21H26N8O4. The molecular weight excluding hydrogens is 428 g/mol. The highest BCUT2D eigenvalue weighted by atomic mass is 16.5. The molecule has 0 bridgehead atoms. The van der Waals surface area contributed by atoms with Crippen LogP contribution in [0.1, 0.15) is 6.42 Å². The Hall–Kier alpha value is -3.93. The van der Waals surface area contributed by atoms with Crippen molar-refractivity contribution in [3.05, 3.63) is 30.1 Å². The average Bonchev–Trinajstić information content (AvgIpc) is 3.28. The van der Waals surface area contributed by atoms with Gasteiger partial charge in [-0.3, -0.25) is 4.57 Å². The molecule has 1 aliphatic heterocycles. The van der Waals surface area contributed by atoms with Crippen molar-refractivity contribution >= 4 is 28.8 Å². The fourth-order valence-electron chi connectivity index (χ4n) is 3.49. The minimum Gasteiger partial charge on any atom is -0.491 e. The highest BCUT2D eigenvalue weighted by Crippen LogP contribution is 2.37. The maximum Gasteiger partial charge on any atom is 0.442 e. The van der Waals surface area contributed by atoms with E-state index in [2.05, 4.69) is 30.2 Å². The van der Waals surface area contributed by atoms with Crippen molar-refractivity contribution in [1.29, 1.82) is 0 Å². The lowest BCUT2D eigenvalue weighted by atomic mass is 10.2. The molecule has 0 saturated carbocycles. The van der Waals surface area contributed by atoms with Crippen molar-refractivity contribution in [2.24, 2.45) is 4.99 Å².